The maximum Gasteiger partial charge on any atom is 0.124 e. The molecule has 0 amide bonds. The molecule has 2 aromatic rings. The van der Waals surface area contributed by atoms with Crippen LogP contribution in [0.4, 0.5) is 0 Å². The molecule has 1 unspecified atom stereocenters. The summed E-state index contributed by atoms with van der Waals surface area (Å²) in [4.78, 5) is 0. The SMILES string of the molecule is OC[C@H]1O[C@H](c2ccc(Cl)c(Cc3ccc(OC4CCOC4)cc3)c2)[C@H](O)[C@@H](O)[C@@H]1O. The Morgan fingerprint density at radius 2 is 1.77 bits per heavy atom. The van der Waals surface area contributed by atoms with Gasteiger partial charge in [0.1, 0.15) is 42.4 Å². The summed E-state index contributed by atoms with van der Waals surface area (Å²) in [5.41, 5.74) is 2.47. The summed E-state index contributed by atoms with van der Waals surface area (Å²) in [7, 11) is 0. The third-order valence-corrected chi connectivity index (χ3v) is 6.17. The Labute approximate surface area is 185 Å². The first-order valence-electron chi connectivity index (χ1n) is 10.4. The summed E-state index contributed by atoms with van der Waals surface area (Å²) in [6.45, 7) is 0.872. The maximum absolute atomic E-state index is 10.4. The maximum atomic E-state index is 10.4. The molecule has 2 saturated heterocycles. The van der Waals surface area contributed by atoms with E-state index in [0.717, 1.165) is 29.9 Å². The highest BCUT2D eigenvalue weighted by Crippen LogP contribution is 2.34. The van der Waals surface area contributed by atoms with E-state index in [1.807, 2.05) is 30.3 Å². The molecule has 0 bridgehead atoms. The Kier molecular flexibility index (Phi) is 7.13. The fourth-order valence-corrected chi connectivity index (χ4v) is 4.17. The molecular weight excluding hydrogens is 424 g/mol. The summed E-state index contributed by atoms with van der Waals surface area (Å²) >= 11 is 6.40. The topological polar surface area (TPSA) is 109 Å². The quantitative estimate of drug-likeness (QED) is 0.529. The van der Waals surface area contributed by atoms with Crippen molar-refractivity contribution < 1.29 is 34.6 Å². The van der Waals surface area contributed by atoms with Gasteiger partial charge in [-0.2, -0.15) is 0 Å². The lowest BCUT2D eigenvalue weighted by Gasteiger charge is -2.40. The van der Waals surface area contributed by atoms with Gasteiger partial charge in [0.05, 0.1) is 19.8 Å². The minimum absolute atomic E-state index is 0.0931. The minimum atomic E-state index is -1.42. The lowest BCUT2D eigenvalue weighted by Crippen LogP contribution is -2.55. The lowest BCUT2D eigenvalue weighted by molar-refractivity contribution is -0.231. The number of hydrogen-bond donors (Lipinski definition) is 4. The van der Waals surface area contributed by atoms with Gasteiger partial charge in [-0.05, 0) is 41.3 Å². The summed E-state index contributed by atoms with van der Waals surface area (Å²) in [5.74, 6) is 0.792. The second-order valence-electron chi connectivity index (χ2n) is 8.02. The Bertz CT molecular complexity index is 867. The standard InChI is InChI=1S/C23H27ClO7/c24-18-6-3-14(23-22(28)21(27)20(26)19(11-25)31-23)10-15(18)9-13-1-4-16(5-2-13)30-17-7-8-29-12-17/h1-6,10,17,19-23,25-28H,7-9,11-12H2/t17?,19-,20-,21+,22-,23-/m1/s1. The Hall–Kier alpha value is -1.71. The molecule has 2 aliphatic heterocycles. The fraction of sp³-hybridized carbons (Fsp3) is 0.478. The first kappa shape index (κ1) is 22.5. The van der Waals surface area contributed by atoms with Crippen molar-refractivity contribution in [1.82, 2.24) is 0 Å². The van der Waals surface area contributed by atoms with Gasteiger partial charge in [-0.1, -0.05) is 35.9 Å². The summed E-state index contributed by atoms with van der Waals surface area (Å²) < 4.78 is 16.9. The van der Waals surface area contributed by atoms with Gasteiger partial charge in [0.15, 0.2) is 0 Å². The molecule has 168 valence electrons. The van der Waals surface area contributed by atoms with E-state index in [4.69, 9.17) is 25.8 Å². The van der Waals surface area contributed by atoms with E-state index in [1.165, 1.54) is 0 Å². The van der Waals surface area contributed by atoms with Gasteiger partial charge in [-0.25, -0.2) is 0 Å². The molecule has 8 heteroatoms. The smallest absolute Gasteiger partial charge is 0.124 e. The number of hydrogen-bond acceptors (Lipinski definition) is 7. The lowest BCUT2D eigenvalue weighted by atomic mass is 9.90. The van der Waals surface area contributed by atoms with Crippen LogP contribution in [-0.2, 0) is 15.9 Å². The molecule has 2 aromatic carbocycles. The Morgan fingerprint density at radius 3 is 2.45 bits per heavy atom. The highest BCUT2D eigenvalue weighted by molar-refractivity contribution is 6.31. The molecule has 0 radical (unpaired) electrons. The molecule has 0 aliphatic carbocycles. The predicted octanol–water partition coefficient (Wildman–Crippen LogP) is 1.61. The average Bonchev–Trinajstić information content (AvgIpc) is 3.28. The van der Waals surface area contributed by atoms with Crippen molar-refractivity contribution in [2.75, 3.05) is 19.8 Å². The van der Waals surface area contributed by atoms with Crippen LogP contribution in [0.1, 0.15) is 29.2 Å². The monoisotopic (exact) mass is 450 g/mol. The van der Waals surface area contributed by atoms with Crippen LogP contribution in [0.25, 0.3) is 0 Å². The van der Waals surface area contributed by atoms with Crippen molar-refractivity contribution >= 4 is 11.6 Å². The van der Waals surface area contributed by atoms with Crippen LogP contribution in [0, 0.1) is 0 Å². The van der Waals surface area contributed by atoms with Gasteiger partial charge in [0.2, 0.25) is 0 Å². The third kappa shape index (κ3) is 5.04. The molecule has 2 fully saturated rings. The molecule has 7 nitrogen and oxygen atoms in total. The first-order valence-corrected chi connectivity index (χ1v) is 10.8. The van der Waals surface area contributed by atoms with E-state index >= 15 is 0 Å². The van der Waals surface area contributed by atoms with Crippen molar-refractivity contribution in [3.05, 3.63) is 64.2 Å². The molecule has 0 saturated carbocycles. The van der Waals surface area contributed by atoms with Gasteiger partial charge in [-0.15, -0.1) is 0 Å². The van der Waals surface area contributed by atoms with Crippen LogP contribution in [0.5, 0.6) is 5.75 Å². The minimum Gasteiger partial charge on any atom is -0.488 e. The molecule has 2 aliphatic rings. The number of rotatable bonds is 6. The van der Waals surface area contributed by atoms with Crippen LogP contribution in [0.3, 0.4) is 0 Å². The Morgan fingerprint density at radius 1 is 1.00 bits per heavy atom. The molecule has 31 heavy (non-hydrogen) atoms. The largest absolute Gasteiger partial charge is 0.488 e. The van der Waals surface area contributed by atoms with Crippen molar-refractivity contribution in [2.45, 2.75) is 49.5 Å². The van der Waals surface area contributed by atoms with E-state index in [9.17, 15) is 20.4 Å². The Balaban J connectivity index is 1.49. The first-order chi connectivity index (χ1) is 15.0. The molecule has 4 rings (SSSR count). The van der Waals surface area contributed by atoms with Crippen molar-refractivity contribution in [3.63, 3.8) is 0 Å². The van der Waals surface area contributed by atoms with E-state index in [-0.39, 0.29) is 6.10 Å². The van der Waals surface area contributed by atoms with Crippen molar-refractivity contribution in [1.29, 1.82) is 0 Å². The molecular formula is C23H27ClO7. The van der Waals surface area contributed by atoms with Gasteiger partial charge >= 0.3 is 0 Å². The molecule has 0 spiro atoms. The van der Waals surface area contributed by atoms with Crippen LogP contribution < -0.4 is 4.74 Å². The van der Waals surface area contributed by atoms with Gasteiger partial charge in [0.25, 0.3) is 0 Å². The number of aliphatic hydroxyl groups excluding tert-OH is 4. The van der Waals surface area contributed by atoms with Crippen molar-refractivity contribution in [3.8, 4) is 5.75 Å². The van der Waals surface area contributed by atoms with E-state index < -0.39 is 37.1 Å². The zero-order valence-corrected chi connectivity index (χ0v) is 17.7. The van der Waals surface area contributed by atoms with Gasteiger partial charge in [-0.3, -0.25) is 0 Å². The van der Waals surface area contributed by atoms with Crippen LogP contribution in [-0.4, -0.2) is 70.8 Å². The number of aliphatic hydroxyl groups is 4. The molecule has 2 heterocycles. The van der Waals surface area contributed by atoms with Gasteiger partial charge < -0.3 is 34.6 Å². The van der Waals surface area contributed by atoms with Crippen LogP contribution in [0.15, 0.2) is 42.5 Å². The highest BCUT2D eigenvalue weighted by Gasteiger charge is 2.44. The highest BCUT2D eigenvalue weighted by atomic mass is 35.5. The molecule has 4 N–H and O–H groups in total. The van der Waals surface area contributed by atoms with E-state index in [0.29, 0.717) is 23.6 Å². The summed E-state index contributed by atoms with van der Waals surface area (Å²) in [6.07, 6.45) is -4.46. The normalized spacial score (nSPS) is 31.0. The van der Waals surface area contributed by atoms with Crippen molar-refractivity contribution in [2.24, 2.45) is 0 Å². The number of halogens is 1. The zero-order chi connectivity index (χ0) is 22.0. The summed E-state index contributed by atoms with van der Waals surface area (Å²) in [6, 6.07) is 13.0. The second-order valence-corrected chi connectivity index (χ2v) is 8.43. The number of ether oxygens (including phenoxy) is 3. The van der Waals surface area contributed by atoms with Crippen LogP contribution in [0.2, 0.25) is 5.02 Å². The molecule has 0 aromatic heterocycles. The average molecular weight is 451 g/mol. The summed E-state index contributed by atoms with van der Waals surface area (Å²) in [5, 5.41) is 40.5. The van der Waals surface area contributed by atoms with Crippen LogP contribution >= 0.6 is 11.6 Å². The number of benzene rings is 2. The van der Waals surface area contributed by atoms with E-state index in [1.54, 1.807) is 12.1 Å². The van der Waals surface area contributed by atoms with Gasteiger partial charge in [0, 0.05) is 11.4 Å². The fourth-order valence-electron chi connectivity index (χ4n) is 3.99. The zero-order valence-electron chi connectivity index (χ0n) is 16.9. The van der Waals surface area contributed by atoms with E-state index in [2.05, 4.69) is 0 Å². The molecule has 6 atom stereocenters. The second kappa shape index (κ2) is 9.83. The predicted molar refractivity (Wildman–Crippen MR) is 113 cm³/mol. The third-order valence-electron chi connectivity index (χ3n) is 5.80.